The van der Waals surface area contributed by atoms with Gasteiger partial charge in [0.1, 0.15) is 4.75 Å². The standard InChI is InChI=1S/C12H15NO2S/c1-9-5-10(8-13-7-9)6-12(11(14)15)3-2-4-16-12/h5,7-8H,2-4,6H2,1H3,(H,14,15). The van der Waals surface area contributed by atoms with Gasteiger partial charge in [0, 0.05) is 12.4 Å². The number of carboxylic acid groups (broad SMARTS) is 1. The van der Waals surface area contributed by atoms with Crippen molar-refractivity contribution in [3.8, 4) is 0 Å². The first kappa shape index (κ1) is 11.5. The maximum absolute atomic E-state index is 11.4. The van der Waals surface area contributed by atoms with E-state index in [1.165, 1.54) is 0 Å². The van der Waals surface area contributed by atoms with Crippen LogP contribution >= 0.6 is 11.8 Å². The number of carbonyl (C=O) groups is 1. The SMILES string of the molecule is Cc1cncc(CC2(C(=O)O)CCCS2)c1. The van der Waals surface area contributed by atoms with Crippen molar-refractivity contribution in [3.05, 3.63) is 29.6 Å². The highest BCUT2D eigenvalue weighted by Gasteiger charge is 2.42. The van der Waals surface area contributed by atoms with E-state index in [1.54, 1.807) is 24.2 Å². The normalized spacial score (nSPS) is 24.6. The average Bonchev–Trinajstić information content (AvgIpc) is 2.67. The van der Waals surface area contributed by atoms with E-state index >= 15 is 0 Å². The minimum absolute atomic E-state index is 0.585. The Morgan fingerprint density at radius 2 is 2.44 bits per heavy atom. The van der Waals surface area contributed by atoms with Crippen molar-refractivity contribution in [1.82, 2.24) is 4.98 Å². The van der Waals surface area contributed by atoms with Crippen LogP contribution in [0.1, 0.15) is 24.0 Å². The topological polar surface area (TPSA) is 50.2 Å². The fraction of sp³-hybridized carbons (Fsp3) is 0.500. The molecule has 0 amide bonds. The molecular formula is C12H15NO2S. The predicted molar refractivity (Wildman–Crippen MR) is 64.7 cm³/mol. The van der Waals surface area contributed by atoms with E-state index in [0.717, 1.165) is 29.7 Å². The molecular weight excluding hydrogens is 222 g/mol. The van der Waals surface area contributed by atoms with Crippen molar-refractivity contribution in [1.29, 1.82) is 0 Å². The number of aliphatic carboxylic acids is 1. The molecule has 3 nitrogen and oxygen atoms in total. The van der Waals surface area contributed by atoms with E-state index < -0.39 is 10.7 Å². The molecule has 1 aliphatic rings. The highest BCUT2D eigenvalue weighted by atomic mass is 32.2. The Bertz CT molecular complexity index is 400. The van der Waals surface area contributed by atoms with E-state index in [2.05, 4.69) is 4.98 Å². The average molecular weight is 237 g/mol. The molecule has 2 heterocycles. The number of carboxylic acids is 1. The summed E-state index contributed by atoms with van der Waals surface area (Å²) in [6.45, 7) is 1.98. The van der Waals surface area contributed by atoms with Crippen molar-refractivity contribution in [2.24, 2.45) is 0 Å². The summed E-state index contributed by atoms with van der Waals surface area (Å²) in [5.41, 5.74) is 2.11. The number of aromatic nitrogens is 1. The second-order valence-electron chi connectivity index (χ2n) is 4.30. The number of hydrogen-bond acceptors (Lipinski definition) is 3. The third-order valence-corrected chi connectivity index (χ3v) is 4.48. The summed E-state index contributed by atoms with van der Waals surface area (Å²) in [6.07, 6.45) is 5.91. The van der Waals surface area contributed by atoms with Gasteiger partial charge in [-0.2, -0.15) is 0 Å². The summed E-state index contributed by atoms with van der Waals surface area (Å²) in [5, 5.41) is 9.35. The van der Waals surface area contributed by atoms with E-state index in [-0.39, 0.29) is 0 Å². The smallest absolute Gasteiger partial charge is 0.320 e. The van der Waals surface area contributed by atoms with Gasteiger partial charge in [-0.25, -0.2) is 0 Å². The zero-order valence-corrected chi connectivity index (χ0v) is 10.1. The molecule has 1 aliphatic heterocycles. The number of rotatable bonds is 3. The highest BCUT2D eigenvalue weighted by Crippen LogP contribution is 2.41. The first-order chi connectivity index (χ1) is 7.62. The van der Waals surface area contributed by atoms with Crippen molar-refractivity contribution >= 4 is 17.7 Å². The minimum Gasteiger partial charge on any atom is -0.480 e. The lowest BCUT2D eigenvalue weighted by atomic mass is 9.95. The fourth-order valence-corrected chi connectivity index (χ4v) is 3.49. The Balaban J connectivity index is 2.21. The van der Waals surface area contributed by atoms with Crippen LogP contribution in [0.15, 0.2) is 18.5 Å². The number of nitrogens with zero attached hydrogens (tertiary/aromatic N) is 1. The van der Waals surface area contributed by atoms with Crippen LogP contribution in [0, 0.1) is 6.92 Å². The van der Waals surface area contributed by atoms with Crippen LogP contribution in [-0.2, 0) is 11.2 Å². The van der Waals surface area contributed by atoms with Gasteiger partial charge in [-0.1, -0.05) is 6.07 Å². The fourth-order valence-electron chi connectivity index (χ4n) is 2.13. The van der Waals surface area contributed by atoms with Crippen molar-refractivity contribution in [2.75, 3.05) is 5.75 Å². The lowest BCUT2D eigenvalue weighted by molar-refractivity contribution is -0.139. The van der Waals surface area contributed by atoms with E-state index in [9.17, 15) is 9.90 Å². The van der Waals surface area contributed by atoms with Gasteiger partial charge < -0.3 is 5.11 Å². The zero-order chi connectivity index (χ0) is 11.6. The van der Waals surface area contributed by atoms with Crippen LogP contribution in [0.4, 0.5) is 0 Å². The Kier molecular flexibility index (Phi) is 3.19. The predicted octanol–water partition coefficient (Wildman–Crippen LogP) is 2.28. The molecule has 1 unspecified atom stereocenters. The molecule has 1 atom stereocenters. The number of pyridine rings is 1. The molecule has 4 heteroatoms. The number of aryl methyl sites for hydroxylation is 1. The van der Waals surface area contributed by atoms with Crippen LogP contribution in [0.3, 0.4) is 0 Å². The minimum atomic E-state index is -0.684. The first-order valence-electron chi connectivity index (χ1n) is 5.40. The van der Waals surface area contributed by atoms with Crippen LogP contribution in [0.25, 0.3) is 0 Å². The van der Waals surface area contributed by atoms with Gasteiger partial charge in [0.2, 0.25) is 0 Å². The Hall–Kier alpha value is -1.03. The third kappa shape index (κ3) is 2.21. The van der Waals surface area contributed by atoms with E-state index in [0.29, 0.717) is 6.42 Å². The molecule has 1 fully saturated rings. The highest BCUT2D eigenvalue weighted by molar-refractivity contribution is 8.01. The third-order valence-electron chi connectivity index (χ3n) is 2.91. The maximum atomic E-state index is 11.4. The van der Waals surface area contributed by atoms with Crippen molar-refractivity contribution < 1.29 is 9.90 Å². The van der Waals surface area contributed by atoms with Gasteiger partial charge in [-0.3, -0.25) is 9.78 Å². The summed E-state index contributed by atoms with van der Waals surface area (Å²) >= 11 is 1.57. The molecule has 1 aromatic heterocycles. The molecule has 1 N–H and O–H groups in total. The molecule has 1 saturated heterocycles. The van der Waals surface area contributed by atoms with E-state index in [1.807, 2.05) is 13.0 Å². The van der Waals surface area contributed by atoms with Gasteiger partial charge in [-0.15, -0.1) is 11.8 Å². The van der Waals surface area contributed by atoms with Crippen LogP contribution < -0.4 is 0 Å². The molecule has 0 radical (unpaired) electrons. The molecule has 0 aliphatic carbocycles. The summed E-state index contributed by atoms with van der Waals surface area (Å²) in [4.78, 5) is 15.5. The van der Waals surface area contributed by atoms with Crippen LogP contribution in [0.2, 0.25) is 0 Å². The molecule has 86 valence electrons. The Morgan fingerprint density at radius 3 is 3.00 bits per heavy atom. The van der Waals surface area contributed by atoms with Crippen molar-refractivity contribution in [3.63, 3.8) is 0 Å². The second-order valence-corrected chi connectivity index (χ2v) is 5.78. The molecule has 0 saturated carbocycles. The molecule has 1 aromatic rings. The van der Waals surface area contributed by atoms with E-state index in [4.69, 9.17) is 0 Å². The maximum Gasteiger partial charge on any atom is 0.320 e. The lowest BCUT2D eigenvalue weighted by Crippen LogP contribution is -2.34. The summed E-state index contributed by atoms with van der Waals surface area (Å²) in [5.74, 6) is 0.266. The largest absolute Gasteiger partial charge is 0.480 e. The zero-order valence-electron chi connectivity index (χ0n) is 9.27. The summed E-state index contributed by atoms with van der Waals surface area (Å²) in [7, 11) is 0. The Labute approximate surface area is 99.3 Å². The molecule has 0 aromatic carbocycles. The Morgan fingerprint density at radius 1 is 1.62 bits per heavy atom. The van der Waals surface area contributed by atoms with Gasteiger partial charge >= 0.3 is 5.97 Å². The van der Waals surface area contributed by atoms with Crippen molar-refractivity contribution in [2.45, 2.75) is 30.9 Å². The molecule has 2 rings (SSSR count). The summed E-state index contributed by atoms with van der Waals surface area (Å²) in [6, 6.07) is 2.02. The van der Waals surface area contributed by atoms with Gasteiger partial charge in [0.05, 0.1) is 0 Å². The van der Waals surface area contributed by atoms with Gasteiger partial charge in [0.15, 0.2) is 0 Å². The lowest BCUT2D eigenvalue weighted by Gasteiger charge is -2.22. The van der Waals surface area contributed by atoms with Crippen LogP contribution in [-0.4, -0.2) is 26.6 Å². The molecule has 0 bridgehead atoms. The first-order valence-corrected chi connectivity index (χ1v) is 6.39. The molecule has 16 heavy (non-hydrogen) atoms. The van der Waals surface area contributed by atoms with Gasteiger partial charge in [0.25, 0.3) is 0 Å². The van der Waals surface area contributed by atoms with Gasteiger partial charge in [-0.05, 0) is 43.1 Å². The van der Waals surface area contributed by atoms with Crippen LogP contribution in [0.5, 0.6) is 0 Å². The monoisotopic (exact) mass is 237 g/mol. The number of thioether (sulfide) groups is 1. The second kappa shape index (κ2) is 4.45. The quantitative estimate of drug-likeness (QED) is 0.876. The number of hydrogen-bond donors (Lipinski definition) is 1. The summed E-state index contributed by atoms with van der Waals surface area (Å²) < 4.78 is -0.616. The molecule has 0 spiro atoms.